The lowest BCUT2D eigenvalue weighted by Crippen LogP contribution is -2.24. The highest BCUT2D eigenvalue weighted by molar-refractivity contribution is 5.99. The number of alkyl halides is 3. The van der Waals surface area contributed by atoms with Crippen LogP contribution in [0.4, 0.5) is 18.9 Å². The number of nitrogen functional groups attached to an aromatic ring is 1. The van der Waals surface area contributed by atoms with Crippen LogP contribution in [0.2, 0.25) is 0 Å². The number of benzene rings is 2. The minimum Gasteiger partial charge on any atom is -0.454 e. The zero-order valence-corrected chi connectivity index (χ0v) is 12.7. The molecule has 1 heterocycles. The molecule has 1 aliphatic rings. The van der Waals surface area contributed by atoms with Gasteiger partial charge in [0.1, 0.15) is 5.75 Å². The van der Waals surface area contributed by atoms with Gasteiger partial charge in [0.2, 0.25) is 6.79 Å². The van der Waals surface area contributed by atoms with E-state index in [1.165, 1.54) is 6.07 Å². The maximum absolute atomic E-state index is 12.3. The molecule has 0 atom stereocenters. The third-order valence-corrected chi connectivity index (χ3v) is 3.39. The van der Waals surface area contributed by atoms with Crippen LogP contribution in [0, 0.1) is 0 Å². The van der Waals surface area contributed by atoms with Gasteiger partial charge in [-0.3, -0.25) is 4.79 Å². The van der Waals surface area contributed by atoms with E-state index in [4.69, 9.17) is 15.2 Å². The van der Waals surface area contributed by atoms with Crippen LogP contribution in [0.1, 0.15) is 15.9 Å². The van der Waals surface area contributed by atoms with Gasteiger partial charge in [0.25, 0.3) is 5.91 Å². The number of hydrogen-bond acceptors (Lipinski definition) is 5. The number of halogens is 3. The van der Waals surface area contributed by atoms with Gasteiger partial charge < -0.3 is 25.3 Å². The van der Waals surface area contributed by atoms with Gasteiger partial charge in [-0.15, -0.1) is 13.2 Å². The molecule has 0 aromatic heterocycles. The molecule has 2 aromatic carbocycles. The number of ether oxygens (including phenoxy) is 3. The van der Waals surface area contributed by atoms with E-state index in [0.29, 0.717) is 11.5 Å². The van der Waals surface area contributed by atoms with Crippen molar-refractivity contribution in [2.45, 2.75) is 12.9 Å². The quantitative estimate of drug-likeness (QED) is 0.825. The van der Waals surface area contributed by atoms with Crippen LogP contribution in [-0.2, 0) is 6.54 Å². The van der Waals surface area contributed by atoms with Gasteiger partial charge in [-0.05, 0) is 35.9 Å². The van der Waals surface area contributed by atoms with Crippen LogP contribution in [0.3, 0.4) is 0 Å². The smallest absolute Gasteiger partial charge is 0.454 e. The van der Waals surface area contributed by atoms with E-state index in [1.807, 2.05) is 0 Å². The highest BCUT2D eigenvalue weighted by atomic mass is 19.4. The molecule has 25 heavy (non-hydrogen) atoms. The van der Waals surface area contributed by atoms with E-state index >= 15 is 0 Å². The number of anilines is 1. The summed E-state index contributed by atoms with van der Waals surface area (Å²) < 4.78 is 51.0. The Morgan fingerprint density at radius 1 is 1.16 bits per heavy atom. The van der Waals surface area contributed by atoms with E-state index in [2.05, 4.69) is 10.1 Å². The SMILES string of the molecule is Nc1ccc(OC(F)(F)F)cc1C(=O)NCc1ccc2c(c1)OCO2. The molecule has 0 saturated carbocycles. The van der Waals surface area contributed by atoms with Crippen molar-refractivity contribution < 1.29 is 32.2 Å². The van der Waals surface area contributed by atoms with E-state index in [9.17, 15) is 18.0 Å². The number of hydrogen-bond donors (Lipinski definition) is 2. The summed E-state index contributed by atoms with van der Waals surface area (Å²) in [7, 11) is 0. The average Bonchev–Trinajstić information content (AvgIpc) is 3.00. The third kappa shape index (κ3) is 4.06. The molecular formula is C16H13F3N2O4. The van der Waals surface area contributed by atoms with Gasteiger partial charge >= 0.3 is 6.36 Å². The highest BCUT2D eigenvalue weighted by Gasteiger charge is 2.31. The van der Waals surface area contributed by atoms with Gasteiger partial charge in [-0.2, -0.15) is 0 Å². The van der Waals surface area contributed by atoms with Crippen LogP contribution in [0.5, 0.6) is 17.2 Å². The zero-order valence-electron chi connectivity index (χ0n) is 12.7. The minimum atomic E-state index is -4.85. The van der Waals surface area contributed by atoms with Gasteiger partial charge in [-0.25, -0.2) is 0 Å². The monoisotopic (exact) mass is 354 g/mol. The first-order chi connectivity index (χ1) is 11.8. The lowest BCUT2D eigenvalue weighted by molar-refractivity contribution is -0.274. The number of carbonyl (C=O) groups is 1. The summed E-state index contributed by atoms with van der Waals surface area (Å²) in [4.78, 5) is 12.2. The Labute approximate surface area is 140 Å². The van der Waals surface area contributed by atoms with Gasteiger partial charge in [-0.1, -0.05) is 6.07 Å². The fourth-order valence-electron chi connectivity index (χ4n) is 2.26. The molecule has 3 rings (SSSR count). The topological polar surface area (TPSA) is 82.8 Å². The summed E-state index contributed by atoms with van der Waals surface area (Å²) in [5, 5.41) is 2.59. The summed E-state index contributed by atoms with van der Waals surface area (Å²) >= 11 is 0. The predicted octanol–water partition coefficient (Wildman–Crippen LogP) is 2.83. The average molecular weight is 354 g/mol. The van der Waals surface area contributed by atoms with Crippen LogP contribution in [0.15, 0.2) is 36.4 Å². The zero-order chi connectivity index (χ0) is 18.0. The molecule has 3 N–H and O–H groups in total. The lowest BCUT2D eigenvalue weighted by atomic mass is 10.1. The maximum atomic E-state index is 12.3. The Morgan fingerprint density at radius 2 is 1.92 bits per heavy atom. The van der Waals surface area contributed by atoms with E-state index in [-0.39, 0.29) is 24.6 Å². The van der Waals surface area contributed by atoms with Crippen molar-refractivity contribution in [2.24, 2.45) is 0 Å². The van der Waals surface area contributed by atoms with Crippen LogP contribution in [0.25, 0.3) is 0 Å². The fourth-order valence-corrected chi connectivity index (χ4v) is 2.26. The standard InChI is InChI=1S/C16H13F3N2O4/c17-16(18,19)25-10-2-3-12(20)11(6-10)15(22)21-7-9-1-4-13-14(5-9)24-8-23-13/h1-6H,7-8,20H2,(H,21,22). The summed E-state index contributed by atoms with van der Waals surface area (Å²) in [5.41, 5.74) is 6.33. The Balaban J connectivity index is 1.69. The first-order valence-electron chi connectivity index (χ1n) is 7.14. The first-order valence-corrected chi connectivity index (χ1v) is 7.14. The second-order valence-electron chi connectivity index (χ2n) is 5.17. The molecular weight excluding hydrogens is 341 g/mol. The summed E-state index contributed by atoms with van der Waals surface area (Å²) in [6, 6.07) is 8.30. The third-order valence-electron chi connectivity index (χ3n) is 3.39. The minimum absolute atomic E-state index is 0.0395. The van der Waals surface area contributed by atoms with Crippen molar-refractivity contribution in [3.63, 3.8) is 0 Å². The number of amides is 1. The molecule has 0 saturated heterocycles. The molecule has 9 heteroatoms. The van der Waals surface area contributed by atoms with Gasteiger partial charge in [0.15, 0.2) is 11.5 Å². The predicted molar refractivity (Wildman–Crippen MR) is 81.3 cm³/mol. The fraction of sp³-hybridized carbons (Fsp3) is 0.188. The van der Waals surface area contributed by atoms with Gasteiger partial charge in [0.05, 0.1) is 5.56 Å². The van der Waals surface area contributed by atoms with Crippen molar-refractivity contribution in [3.8, 4) is 17.2 Å². The molecule has 1 amide bonds. The number of nitrogens with two attached hydrogens (primary N) is 1. The Morgan fingerprint density at radius 3 is 2.68 bits per heavy atom. The van der Waals surface area contributed by atoms with Crippen LogP contribution < -0.4 is 25.3 Å². The highest BCUT2D eigenvalue weighted by Crippen LogP contribution is 2.32. The van der Waals surface area contributed by atoms with E-state index < -0.39 is 18.0 Å². The number of rotatable bonds is 4. The number of fused-ring (bicyclic) bond motifs is 1. The molecule has 0 aliphatic carbocycles. The summed E-state index contributed by atoms with van der Waals surface area (Å²) in [5.74, 6) is 0.0286. The first kappa shape index (κ1) is 16.7. The molecule has 132 valence electrons. The van der Waals surface area contributed by atoms with Crippen molar-refractivity contribution >= 4 is 11.6 Å². The molecule has 2 aromatic rings. The molecule has 0 spiro atoms. The van der Waals surface area contributed by atoms with Crippen molar-refractivity contribution in [3.05, 3.63) is 47.5 Å². The van der Waals surface area contributed by atoms with Crippen molar-refractivity contribution in [1.82, 2.24) is 5.32 Å². The largest absolute Gasteiger partial charge is 0.573 e. The normalized spacial score (nSPS) is 12.8. The molecule has 1 aliphatic heterocycles. The van der Waals surface area contributed by atoms with E-state index in [0.717, 1.165) is 17.7 Å². The van der Waals surface area contributed by atoms with Crippen molar-refractivity contribution in [1.29, 1.82) is 0 Å². The molecule has 0 radical (unpaired) electrons. The lowest BCUT2D eigenvalue weighted by Gasteiger charge is -2.12. The summed E-state index contributed by atoms with van der Waals surface area (Å²) in [6.45, 7) is 0.271. The van der Waals surface area contributed by atoms with Crippen molar-refractivity contribution in [2.75, 3.05) is 12.5 Å². The van der Waals surface area contributed by atoms with E-state index in [1.54, 1.807) is 18.2 Å². The van der Waals surface area contributed by atoms with Crippen LogP contribution in [-0.4, -0.2) is 19.1 Å². The second-order valence-corrected chi connectivity index (χ2v) is 5.17. The molecule has 6 nitrogen and oxygen atoms in total. The van der Waals surface area contributed by atoms with Gasteiger partial charge in [0, 0.05) is 12.2 Å². The molecule has 0 fully saturated rings. The van der Waals surface area contributed by atoms with Crippen LogP contribution >= 0.6 is 0 Å². The number of nitrogens with one attached hydrogen (secondary N) is 1. The Hall–Kier alpha value is -3.10. The number of carbonyl (C=O) groups excluding carboxylic acids is 1. The Bertz CT molecular complexity index is 808. The Kier molecular flexibility index (Phi) is 4.30. The summed E-state index contributed by atoms with van der Waals surface area (Å²) in [6.07, 6.45) is -4.85. The molecule has 0 bridgehead atoms. The maximum Gasteiger partial charge on any atom is 0.573 e. The molecule has 0 unspecified atom stereocenters. The second kappa shape index (κ2) is 6.42.